The van der Waals surface area contributed by atoms with Crippen molar-refractivity contribution in [3.63, 3.8) is 0 Å². The average Bonchev–Trinajstić information content (AvgIpc) is 3.28. The van der Waals surface area contributed by atoms with Crippen molar-refractivity contribution in [1.82, 2.24) is 15.5 Å². The molecule has 0 bridgehead atoms. The monoisotopic (exact) mass is 423 g/mol. The Morgan fingerprint density at radius 3 is 2.81 bits per heavy atom. The van der Waals surface area contributed by atoms with Crippen LogP contribution in [0.2, 0.25) is 0 Å². The zero-order valence-electron chi connectivity index (χ0n) is 17.0. The van der Waals surface area contributed by atoms with E-state index >= 15 is 0 Å². The van der Waals surface area contributed by atoms with Crippen LogP contribution in [0.3, 0.4) is 0 Å². The number of hydrogen-bond acceptors (Lipinski definition) is 7. The molecule has 1 saturated heterocycles. The van der Waals surface area contributed by atoms with Crippen LogP contribution >= 0.6 is 0 Å². The van der Waals surface area contributed by atoms with E-state index in [2.05, 4.69) is 15.5 Å². The van der Waals surface area contributed by atoms with E-state index in [1.165, 1.54) is 0 Å². The molecule has 3 unspecified atom stereocenters. The van der Waals surface area contributed by atoms with Crippen LogP contribution in [-0.4, -0.2) is 52.6 Å². The number of nitrogens with one attached hydrogen (secondary N) is 1. The second-order valence-corrected chi connectivity index (χ2v) is 7.45. The molecule has 1 aliphatic rings. The third kappa shape index (κ3) is 5.90. The molecular formula is C23H25N3O5. The number of carbonyl (C=O) groups is 1. The fourth-order valence-corrected chi connectivity index (χ4v) is 3.48. The number of amides is 1. The summed E-state index contributed by atoms with van der Waals surface area (Å²) in [5.74, 6) is 0.969. The molecule has 0 radical (unpaired) electrons. The Kier molecular flexibility index (Phi) is 6.91. The average molecular weight is 423 g/mol. The summed E-state index contributed by atoms with van der Waals surface area (Å²) >= 11 is 0. The molecule has 162 valence electrons. The van der Waals surface area contributed by atoms with Crippen LogP contribution in [0.15, 0.2) is 65.3 Å². The SMILES string of the molecule is O=C(COc1ccccc1)NCC1OC(Cc2cc(-c3ccccn3)on2)CCC1O. The predicted octanol–water partition coefficient (Wildman–Crippen LogP) is 2.38. The van der Waals surface area contributed by atoms with Crippen molar-refractivity contribution in [2.45, 2.75) is 37.6 Å². The smallest absolute Gasteiger partial charge is 0.258 e. The van der Waals surface area contributed by atoms with Crippen LogP contribution in [0.1, 0.15) is 18.5 Å². The van der Waals surface area contributed by atoms with Crippen LogP contribution in [0, 0.1) is 0 Å². The number of ether oxygens (including phenoxy) is 2. The van der Waals surface area contributed by atoms with E-state index in [0.717, 1.165) is 11.4 Å². The van der Waals surface area contributed by atoms with E-state index in [1.54, 1.807) is 18.3 Å². The van der Waals surface area contributed by atoms with Gasteiger partial charge >= 0.3 is 0 Å². The molecular weight excluding hydrogens is 398 g/mol. The Balaban J connectivity index is 1.25. The molecule has 0 saturated carbocycles. The van der Waals surface area contributed by atoms with Gasteiger partial charge in [-0.15, -0.1) is 0 Å². The topological polar surface area (TPSA) is 107 Å². The molecule has 3 heterocycles. The minimum Gasteiger partial charge on any atom is -0.484 e. The summed E-state index contributed by atoms with van der Waals surface area (Å²) in [5.41, 5.74) is 1.49. The van der Waals surface area contributed by atoms with E-state index in [0.29, 0.717) is 30.8 Å². The molecule has 1 amide bonds. The molecule has 2 aromatic heterocycles. The maximum absolute atomic E-state index is 12.1. The first-order valence-corrected chi connectivity index (χ1v) is 10.3. The molecule has 1 aromatic carbocycles. The lowest BCUT2D eigenvalue weighted by molar-refractivity contribution is -0.130. The molecule has 0 spiro atoms. The molecule has 3 aromatic rings. The molecule has 0 aliphatic carbocycles. The number of pyridine rings is 1. The van der Waals surface area contributed by atoms with E-state index in [9.17, 15) is 9.90 Å². The normalized spacial score (nSPS) is 20.9. The molecule has 8 heteroatoms. The highest BCUT2D eigenvalue weighted by atomic mass is 16.5. The van der Waals surface area contributed by atoms with Gasteiger partial charge in [0.05, 0.1) is 17.9 Å². The minimum atomic E-state index is -0.631. The van der Waals surface area contributed by atoms with Gasteiger partial charge in [0, 0.05) is 25.2 Å². The van der Waals surface area contributed by atoms with Gasteiger partial charge in [-0.1, -0.05) is 29.4 Å². The Morgan fingerprint density at radius 2 is 2.00 bits per heavy atom. The first-order chi connectivity index (χ1) is 15.2. The van der Waals surface area contributed by atoms with Crippen molar-refractivity contribution in [3.8, 4) is 17.2 Å². The van der Waals surface area contributed by atoms with Crippen LogP contribution in [0.5, 0.6) is 5.75 Å². The lowest BCUT2D eigenvalue weighted by Gasteiger charge is -2.33. The van der Waals surface area contributed by atoms with Gasteiger partial charge in [0.2, 0.25) is 0 Å². The van der Waals surface area contributed by atoms with Gasteiger partial charge in [-0.2, -0.15) is 0 Å². The number of benzene rings is 1. The predicted molar refractivity (Wildman–Crippen MR) is 112 cm³/mol. The van der Waals surface area contributed by atoms with Gasteiger partial charge in [-0.25, -0.2) is 0 Å². The third-order valence-corrected chi connectivity index (χ3v) is 5.11. The second kappa shape index (κ2) is 10.2. The highest BCUT2D eigenvalue weighted by molar-refractivity contribution is 5.77. The second-order valence-electron chi connectivity index (χ2n) is 7.45. The van der Waals surface area contributed by atoms with Crippen molar-refractivity contribution >= 4 is 5.91 Å². The van der Waals surface area contributed by atoms with Gasteiger partial charge < -0.3 is 24.4 Å². The van der Waals surface area contributed by atoms with Gasteiger partial charge in [-0.05, 0) is 37.1 Å². The van der Waals surface area contributed by atoms with E-state index in [4.69, 9.17) is 14.0 Å². The summed E-state index contributed by atoms with van der Waals surface area (Å²) in [7, 11) is 0. The number of nitrogens with zero attached hydrogens (tertiary/aromatic N) is 2. The molecule has 31 heavy (non-hydrogen) atoms. The summed E-state index contributed by atoms with van der Waals surface area (Å²) in [6.45, 7) is 0.123. The Bertz CT molecular complexity index is 964. The van der Waals surface area contributed by atoms with Gasteiger partial charge in [-0.3, -0.25) is 9.78 Å². The maximum atomic E-state index is 12.1. The standard InChI is InChI=1S/C23H25N3O5/c27-20-10-9-18(12-16-13-21(31-26-16)19-8-4-5-11-24-19)30-22(20)14-25-23(28)15-29-17-6-2-1-3-7-17/h1-8,11,13,18,20,22,27H,9-10,12,14-15H2,(H,25,28). The summed E-state index contributed by atoms with van der Waals surface area (Å²) in [5, 5.41) is 17.2. The molecule has 3 atom stereocenters. The van der Waals surface area contributed by atoms with Crippen molar-refractivity contribution in [2.75, 3.05) is 13.2 Å². The quantitative estimate of drug-likeness (QED) is 0.573. The van der Waals surface area contributed by atoms with Gasteiger partial charge in [0.15, 0.2) is 12.4 Å². The van der Waals surface area contributed by atoms with E-state index in [-0.39, 0.29) is 25.2 Å². The summed E-state index contributed by atoms with van der Waals surface area (Å²) < 4.78 is 16.9. The minimum absolute atomic E-state index is 0.0918. The summed E-state index contributed by atoms with van der Waals surface area (Å²) in [6, 6.07) is 16.6. The molecule has 2 N–H and O–H groups in total. The largest absolute Gasteiger partial charge is 0.484 e. The lowest BCUT2D eigenvalue weighted by atomic mass is 9.98. The van der Waals surface area contributed by atoms with Crippen LogP contribution in [0.4, 0.5) is 0 Å². The van der Waals surface area contributed by atoms with Crippen molar-refractivity contribution in [3.05, 3.63) is 66.5 Å². The van der Waals surface area contributed by atoms with Gasteiger partial charge in [0.1, 0.15) is 17.5 Å². The van der Waals surface area contributed by atoms with E-state index < -0.39 is 12.2 Å². The number of aliphatic hydroxyl groups is 1. The number of rotatable bonds is 8. The summed E-state index contributed by atoms with van der Waals surface area (Å²) in [6.07, 6.45) is 2.32. The summed E-state index contributed by atoms with van der Waals surface area (Å²) in [4.78, 5) is 16.3. The van der Waals surface area contributed by atoms with Crippen molar-refractivity contribution in [1.29, 1.82) is 0 Å². The number of hydrogen-bond donors (Lipinski definition) is 2. The Morgan fingerprint density at radius 1 is 1.16 bits per heavy atom. The Hall–Kier alpha value is -3.23. The number of aliphatic hydroxyl groups excluding tert-OH is 1. The highest BCUT2D eigenvalue weighted by Gasteiger charge is 2.31. The van der Waals surface area contributed by atoms with Gasteiger partial charge in [0.25, 0.3) is 5.91 Å². The van der Waals surface area contributed by atoms with Crippen LogP contribution < -0.4 is 10.1 Å². The highest BCUT2D eigenvalue weighted by Crippen LogP contribution is 2.24. The number of aromatic nitrogens is 2. The van der Waals surface area contributed by atoms with Crippen molar-refractivity contribution in [2.24, 2.45) is 0 Å². The van der Waals surface area contributed by atoms with Crippen LogP contribution in [-0.2, 0) is 16.0 Å². The molecule has 1 aliphatic heterocycles. The molecule has 1 fully saturated rings. The first kappa shape index (κ1) is 21.0. The lowest BCUT2D eigenvalue weighted by Crippen LogP contribution is -2.47. The van der Waals surface area contributed by atoms with E-state index in [1.807, 2.05) is 42.5 Å². The number of carbonyl (C=O) groups excluding carboxylic acids is 1. The zero-order valence-corrected chi connectivity index (χ0v) is 17.0. The zero-order chi connectivity index (χ0) is 21.5. The molecule has 8 nitrogen and oxygen atoms in total. The van der Waals surface area contributed by atoms with Crippen LogP contribution in [0.25, 0.3) is 11.5 Å². The number of para-hydroxylation sites is 1. The third-order valence-electron chi connectivity index (χ3n) is 5.11. The fourth-order valence-electron chi connectivity index (χ4n) is 3.48. The molecule has 4 rings (SSSR count). The fraction of sp³-hybridized carbons (Fsp3) is 0.348. The Labute approximate surface area is 180 Å². The van der Waals surface area contributed by atoms with Crippen molar-refractivity contribution < 1.29 is 23.9 Å². The first-order valence-electron chi connectivity index (χ1n) is 10.3. The maximum Gasteiger partial charge on any atom is 0.258 e.